The minimum atomic E-state index is -4.56. The zero-order valence-electron chi connectivity index (χ0n) is 17.1. The molecule has 0 aliphatic carbocycles. The minimum Gasteiger partial charge on any atom is -0.491 e. The van der Waals surface area contributed by atoms with Crippen molar-refractivity contribution >= 4 is 6.09 Å². The van der Waals surface area contributed by atoms with Crippen molar-refractivity contribution in [2.24, 2.45) is 0 Å². The van der Waals surface area contributed by atoms with Crippen LogP contribution in [0.25, 0.3) is 0 Å². The lowest BCUT2D eigenvalue weighted by molar-refractivity contribution is -0.200. The summed E-state index contributed by atoms with van der Waals surface area (Å²) in [7, 11) is 0. The van der Waals surface area contributed by atoms with E-state index in [0.29, 0.717) is 38.2 Å². The molecule has 2 fully saturated rings. The third-order valence-corrected chi connectivity index (χ3v) is 6.05. The molecule has 0 bridgehead atoms. The van der Waals surface area contributed by atoms with Gasteiger partial charge in [0.05, 0.1) is 0 Å². The zero-order chi connectivity index (χ0) is 21.8. The molecule has 5 nitrogen and oxygen atoms in total. The second-order valence-electron chi connectivity index (χ2n) is 7.99. The van der Waals surface area contributed by atoms with Crippen molar-refractivity contribution in [2.75, 3.05) is 32.9 Å². The summed E-state index contributed by atoms with van der Waals surface area (Å²) in [6.07, 6.45) is -4.16. The Morgan fingerprint density at radius 3 is 2.60 bits per heavy atom. The van der Waals surface area contributed by atoms with Gasteiger partial charge in [-0.05, 0) is 56.8 Å². The van der Waals surface area contributed by atoms with Crippen LogP contribution in [0, 0.1) is 0 Å². The number of carbonyl (C=O) groups is 1. The first-order valence-corrected chi connectivity index (χ1v) is 10.3. The number of benzene rings is 1. The summed E-state index contributed by atoms with van der Waals surface area (Å²) in [5.41, 5.74) is 0.996. The SMILES string of the molecule is CC(OC(=O)N1CCC2(CCCN2Cc2cccc(OCCF)c2)CC1)C(F)(F)F. The molecule has 2 aliphatic heterocycles. The van der Waals surface area contributed by atoms with Crippen LogP contribution in [-0.2, 0) is 11.3 Å². The number of nitrogens with zero attached hydrogens (tertiary/aromatic N) is 2. The molecule has 3 rings (SSSR count). The molecule has 2 heterocycles. The normalized spacial score (nSPS) is 20.4. The number of hydrogen-bond donors (Lipinski definition) is 0. The van der Waals surface area contributed by atoms with Crippen LogP contribution in [0.1, 0.15) is 38.2 Å². The molecule has 1 aromatic carbocycles. The Kier molecular flexibility index (Phi) is 7.10. The van der Waals surface area contributed by atoms with E-state index in [1.54, 1.807) is 6.07 Å². The first-order chi connectivity index (χ1) is 14.2. The Bertz CT molecular complexity index is 720. The number of carbonyl (C=O) groups excluding carboxylic acids is 1. The van der Waals surface area contributed by atoms with Crippen LogP contribution >= 0.6 is 0 Å². The van der Waals surface area contributed by atoms with Gasteiger partial charge in [0.15, 0.2) is 6.10 Å². The van der Waals surface area contributed by atoms with E-state index in [4.69, 9.17) is 4.74 Å². The third-order valence-electron chi connectivity index (χ3n) is 6.05. The van der Waals surface area contributed by atoms with Crippen LogP contribution < -0.4 is 4.74 Å². The Balaban J connectivity index is 1.58. The number of hydrogen-bond acceptors (Lipinski definition) is 4. The predicted octanol–water partition coefficient (Wildman–Crippen LogP) is 4.55. The summed E-state index contributed by atoms with van der Waals surface area (Å²) >= 11 is 0. The number of rotatable bonds is 6. The van der Waals surface area contributed by atoms with Crippen molar-refractivity contribution in [3.63, 3.8) is 0 Å². The average Bonchev–Trinajstić information content (AvgIpc) is 3.08. The molecule has 9 heteroatoms. The first kappa shape index (κ1) is 22.7. The van der Waals surface area contributed by atoms with Crippen LogP contribution in [-0.4, -0.2) is 66.6 Å². The van der Waals surface area contributed by atoms with E-state index in [1.165, 1.54) is 4.90 Å². The van der Waals surface area contributed by atoms with Crippen molar-refractivity contribution in [1.29, 1.82) is 0 Å². The van der Waals surface area contributed by atoms with Crippen LogP contribution in [0.4, 0.5) is 22.4 Å². The van der Waals surface area contributed by atoms with Gasteiger partial charge in [-0.1, -0.05) is 12.1 Å². The van der Waals surface area contributed by atoms with Gasteiger partial charge in [0.1, 0.15) is 19.0 Å². The molecule has 0 aromatic heterocycles. The van der Waals surface area contributed by atoms with Gasteiger partial charge < -0.3 is 14.4 Å². The molecule has 1 aromatic rings. The summed E-state index contributed by atoms with van der Waals surface area (Å²) in [5.74, 6) is 0.634. The highest BCUT2D eigenvalue weighted by Crippen LogP contribution is 2.39. The first-order valence-electron chi connectivity index (χ1n) is 10.3. The highest BCUT2D eigenvalue weighted by atomic mass is 19.4. The largest absolute Gasteiger partial charge is 0.491 e. The number of likely N-dealkylation sites (tertiary alicyclic amines) is 2. The van der Waals surface area contributed by atoms with Crippen LogP contribution in [0.15, 0.2) is 24.3 Å². The number of alkyl halides is 4. The van der Waals surface area contributed by atoms with Crippen molar-refractivity contribution in [1.82, 2.24) is 9.80 Å². The van der Waals surface area contributed by atoms with Crippen molar-refractivity contribution in [3.8, 4) is 5.75 Å². The van der Waals surface area contributed by atoms with Gasteiger partial charge in [-0.25, -0.2) is 9.18 Å². The predicted molar refractivity (Wildman–Crippen MR) is 103 cm³/mol. The van der Waals surface area contributed by atoms with Gasteiger partial charge in [-0.15, -0.1) is 0 Å². The maximum absolute atomic E-state index is 12.6. The Labute approximate surface area is 173 Å². The minimum absolute atomic E-state index is 0.0238. The Morgan fingerprint density at radius 1 is 1.20 bits per heavy atom. The van der Waals surface area contributed by atoms with Gasteiger partial charge in [0, 0.05) is 25.2 Å². The van der Waals surface area contributed by atoms with Gasteiger partial charge in [-0.3, -0.25) is 4.90 Å². The molecule has 168 valence electrons. The van der Waals surface area contributed by atoms with Gasteiger partial charge in [0.2, 0.25) is 0 Å². The summed E-state index contributed by atoms with van der Waals surface area (Å²) in [6, 6.07) is 7.59. The molecule has 1 amide bonds. The van der Waals surface area contributed by atoms with E-state index < -0.39 is 25.0 Å². The Morgan fingerprint density at radius 2 is 1.93 bits per heavy atom. The molecule has 0 radical (unpaired) electrons. The quantitative estimate of drug-likeness (QED) is 0.619. The lowest BCUT2D eigenvalue weighted by atomic mass is 9.85. The van der Waals surface area contributed by atoms with E-state index in [1.807, 2.05) is 18.2 Å². The van der Waals surface area contributed by atoms with E-state index in [-0.39, 0.29) is 12.1 Å². The smallest absolute Gasteiger partial charge is 0.425 e. The lowest BCUT2D eigenvalue weighted by Gasteiger charge is -2.45. The molecular weight excluding hydrogens is 404 g/mol. The molecular formula is C21H28F4N2O3. The van der Waals surface area contributed by atoms with Gasteiger partial charge >= 0.3 is 12.3 Å². The molecule has 2 saturated heterocycles. The molecule has 1 atom stereocenters. The maximum atomic E-state index is 12.6. The van der Waals surface area contributed by atoms with Crippen LogP contribution in [0.2, 0.25) is 0 Å². The molecule has 0 N–H and O–H groups in total. The highest BCUT2D eigenvalue weighted by Gasteiger charge is 2.45. The third kappa shape index (κ3) is 5.36. The molecule has 0 saturated carbocycles. The van der Waals surface area contributed by atoms with Crippen molar-refractivity contribution in [2.45, 2.75) is 57.0 Å². The van der Waals surface area contributed by atoms with Gasteiger partial charge in [0.25, 0.3) is 0 Å². The number of amides is 1. The van der Waals surface area contributed by atoms with E-state index >= 15 is 0 Å². The van der Waals surface area contributed by atoms with E-state index in [0.717, 1.165) is 31.9 Å². The fraction of sp³-hybridized carbons (Fsp3) is 0.667. The standard InChI is InChI=1S/C21H28F4N2O3/c1-16(21(23,24)25)30-19(28)26-11-7-20(8-12-26)6-3-10-27(20)15-17-4-2-5-18(14-17)29-13-9-22/h2,4-5,14,16H,3,6-13,15H2,1H3. The highest BCUT2D eigenvalue weighted by molar-refractivity contribution is 5.68. The van der Waals surface area contributed by atoms with E-state index in [9.17, 15) is 22.4 Å². The summed E-state index contributed by atoms with van der Waals surface area (Å²) < 4.78 is 60.2. The molecule has 1 unspecified atom stereocenters. The molecule has 2 aliphatic rings. The average molecular weight is 432 g/mol. The second-order valence-corrected chi connectivity index (χ2v) is 7.99. The van der Waals surface area contributed by atoms with Crippen molar-refractivity contribution < 1.29 is 31.8 Å². The number of halogens is 4. The van der Waals surface area contributed by atoms with Crippen molar-refractivity contribution in [3.05, 3.63) is 29.8 Å². The summed E-state index contributed by atoms with van der Waals surface area (Å²) in [4.78, 5) is 15.9. The molecule has 1 spiro atoms. The lowest BCUT2D eigenvalue weighted by Crippen LogP contribution is -2.53. The summed E-state index contributed by atoms with van der Waals surface area (Å²) in [5, 5.41) is 0. The van der Waals surface area contributed by atoms with Gasteiger partial charge in [-0.2, -0.15) is 13.2 Å². The summed E-state index contributed by atoms with van der Waals surface area (Å²) in [6.45, 7) is 2.70. The molecule has 30 heavy (non-hydrogen) atoms. The van der Waals surface area contributed by atoms with Crippen LogP contribution in [0.5, 0.6) is 5.75 Å². The second kappa shape index (κ2) is 9.41. The fourth-order valence-corrected chi connectivity index (χ4v) is 4.32. The number of piperidine rings is 1. The fourth-order valence-electron chi connectivity index (χ4n) is 4.32. The van der Waals surface area contributed by atoms with Crippen LogP contribution in [0.3, 0.4) is 0 Å². The topological polar surface area (TPSA) is 42.0 Å². The monoisotopic (exact) mass is 432 g/mol. The number of ether oxygens (including phenoxy) is 2. The zero-order valence-corrected chi connectivity index (χ0v) is 17.1. The van der Waals surface area contributed by atoms with E-state index in [2.05, 4.69) is 9.64 Å². The maximum Gasteiger partial charge on any atom is 0.425 e. The Hall–Kier alpha value is -2.03.